The first-order chi connectivity index (χ1) is 20.2. The quantitative estimate of drug-likeness (QED) is 0.222. The Bertz CT molecular complexity index is 1910. The summed E-state index contributed by atoms with van der Waals surface area (Å²) in [6.45, 7) is 0. The number of halogens is 1. The van der Waals surface area contributed by atoms with Crippen molar-refractivity contribution in [3.05, 3.63) is 157 Å². The second-order valence-corrected chi connectivity index (χ2v) is 9.98. The van der Waals surface area contributed by atoms with Crippen molar-refractivity contribution in [3.63, 3.8) is 0 Å². The smallest absolute Gasteiger partial charge is 0.160 e. The Balaban J connectivity index is 1.35. The lowest BCUT2D eigenvalue weighted by Crippen LogP contribution is -1.96. The molecule has 0 aliphatic rings. The normalized spacial score (nSPS) is 11.0. The van der Waals surface area contributed by atoms with Crippen LogP contribution in [0.4, 0.5) is 4.39 Å². The van der Waals surface area contributed by atoms with Gasteiger partial charge in [0, 0.05) is 16.7 Å². The van der Waals surface area contributed by atoms with E-state index in [2.05, 4.69) is 78.9 Å². The molecular formula is C38H25FN2. The molecule has 7 rings (SSSR count). The van der Waals surface area contributed by atoms with Crippen molar-refractivity contribution in [2.24, 2.45) is 0 Å². The van der Waals surface area contributed by atoms with Crippen molar-refractivity contribution in [1.29, 1.82) is 0 Å². The molecule has 0 fully saturated rings. The van der Waals surface area contributed by atoms with E-state index in [0.29, 0.717) is 5.82 Å². The van der Waals surface area contributed by atoms with Crippen LogP contribution in [0.5, 0.6) is 0 Å². The molecule has 3 heteroatoms. The van der Waals surface area contributed by atoms with E-state index in [0.717, 1.165) is 61.1 Å². The molecule has 0 spiro atoms. The summed E-state index contributed by atoms with van der Waals surface area (Å²) in [6, 6.07) is 50.3. The minimum atomic E-state index is -0.229. The number of hydrogen-bond acceptors (Lipinski definition) is 2. The molecule has 0 saturated heterocycles. The lowest BCUT2D eigenvalue weighted by Gasteiger charge is -2.14. The summed E-state index contributed by atoms with van der Waals surface area (Å²) >= 11 is 0. The van der Waals surface area contributed by atoms with E-state index in [1.807, 2.05) is 60.7 Å². The van der Waals surface area contributed by atoms with Crippen molar-refractivity contribution >= 4 is 10.8 Å². The Kier molecular flexibility index (Phi) is 6.38. The molecule has 0 saturated carbocycles. The van der Waals surface area contributed by atoms with Gasteiger partial charge in [-0.25, -0.2) is 14.4 Å². The van der Waals surface area contributed by atoms with Crippen LogP contribution in [-0.2, 0) is 0 Å². The summed E-state index contributed by atoms with van der Waals surface area (Å²) in [5.41, 5.74) is 9.18. The van der Waals surface area contributed by atoms with Gasteiger partial charge in [-0.3, -0.25) is 0 Å². The van der Waals surface area contributed by atoms with Crippen LogP contribution >= 0.6 is 0 Å². The van der Waals surface area contributed by atoms with Gasteiger partial charge < -0.3 is 0 Å². The zero-order chi connectivity index (χ0) is 27.6. The van der Waals surface area contributed by atoms with Gasteiger partial charge in [-0.2, -0.15) is 0 Å². The van der Waals surface area contributed by atoms with Gasteiger partial charge in [0.15, 0.2) is 5.82 Å². The van der Waals surface area contributed by atoms with Crippen LogP contribution < -0.4 is 0 Å². The maximum absolute atomic E-state index is 13.4. The third kappa shape index (κ3) is 4.90. The Morgan fingerprint density at radius 2 is 0.854 bits per heavy atom. The lowest BCUT2D eigenvalue weighted by molar-refractivity contribution is 0.628. The Morgan fingerprint density at radius 1 is 0.366 bits per heavy atom. The summed E-state index contributed by atoms with van der Waals surface area (Å²) in [5, 5.41) is 2.28. The first-order valence-corrected chi connectivity index (χ1v) is 13.6. The molecule has 0 atom stereocenters. The fraction of sp³-hybridized carbons (Fsp3) is 0. The molecule has 0 amide bonds. The second-order valence-electron chi connectivity index (χ2n) is 9.98. The lowest BCUT2D eigenvalue weighted by atomic mass is 9.92. The maximum Gasteiger partial charge on any atom is 0.160 e. The molecule has 0 unspecified atom stereocenters. The molecule has 1 aromatic heterocycles. The topological polar surface area (TPSA) is 25.8 Å². The Morgan fingerprint density at radius 3 is 1.51 bits per heavy atom. The maximum atomic E-state index is 13.4. The fourth-order valence-electron chi connectivity index (χ4n) is 5.32. The minimum absolute atomic E-state index is 0.229. The van der Waals surface area contributed by atoms with Crippen LogP contribution in [0, 0.1) is 5.82 Å². The van der Waals surface area contributed by atoms with Gasteiger partial charge in [0.2, 0.25) is 0 Å². The largest absolute Gasteiger partial charge is 0.228 e. The molecule has 7 aromatic rings. The summed E-state index contributed by atoms with van der Waals surface area (Å²) in [6.07, 6.45) is 0. The van der Waals surface area contributed by atoms with Gasteiger partial charge in [-0.1, -0.05) is 133 Å². The molecule has 0 radical (unpaired) electrons. The first-order valence-electron chi connectivity index (χ1n) is 13.6. The van der Waals surface area contributed by atoms with E-state index < -0.39 is 0 Å². The number of fused-ring (bicyclic) bond motifs is 1. The zero-order valence-electron chi connectivity index (χ0n) is 22.2. The van der Waals surface area contributed by atoms with E-state index in [1.54, 1.807) is 0 Å². The monoisotopic (exact) mass is 528 g/mol. The van der Waals surface area contributed by atoms with E-state index in [4.69, 9.17) is 9.97 Å². The number of rotatable bonds is 5. The van der Waals surface area contributed by atoms with Crippen LogP contribution in [0.25, 0.3) is 66.9 Å². The third-order valence-electron chi connectivity index (χ3n) is 7.40. The number of benzene rings is 6. The second kappa shape index (κ2) is 10.6. The van der Waals surface area contributed by atoms with Crippen molar-refractivity contribution in [1.82, 2.24) is 9.97 Å². The van der Waals surface area contributed by atoms with Gasteiger partial charge in [-0.15, -0.1) is 0 Å². The van der Waals surface area contributed by atoms with Crippen LogP contribution in [0.1, 0.15) is 0 Å². The van der Waals surface area contributed by atoms with Crippen molar-refractivity contribution in [2.45, 2.75) is 0 Å². The van der Waals surface area contributed by atoms with Gasteiger partial charge >= 0.3 is 0 Å². The van der Waals surface area contributed by atoms with E-state index in [1.165, 1.54) is 12.1 Å². The highest BCUT2D eigenvalue weighted by molar-refractivity contribution is 6.04. The standard InChI is InChI=1S/C38H25FN2/c39-31-21-19-27(20-22-31)26-15-17-28(18-16-26)32-23-24-35(34-14-8-7-13-33(32)34)37-25-36(29-9-3-1-4-10-29)40-38(41-37)30-11-5-2-6-12-30/h1-25H. The molecule has 1 heterocycles. The van der Waals surface area contributed by atoms with E-state index in [-0.39, 0.29) is 5.82 Å². The average Bonchev–Trinajstić information content (AvgIpc) is 3.05. The molecule has 0 bridgehead atoms. The van der Waals surface area contributed by atoms with Gasteiger partial charge in [0.25, 0.3) is 0 Å². The molecule has 6 aromatic carbocycles. The van der Waals surface area contributed by atoms with Crippen LogP contribution in [0.2, 0.25) is 0 Å². The van der Waals surface area contributed by atoms with Gasteiger partial charge in [0.1, 0.15) is 5.82 Å². The molecular weight excluding hydrogens is 503 g/mol. The van der Waals surface area contributed by atoms with Gasteiger partial charge in [-0.05, 0) is 51.2 Å². The minimum Gasteiger partial charge on any atom is -0.228 e. The van der Waals surface area contributed by atoms with Gasteiger partial charge in [0.05, 0.1) is 11.4 Å². The average molecular weight is 529 g/mol. The molecule has 0 N–H and O–H groups in total. The molecule has 41 heavy (non-hydrogen) atoms. The molecule has 0 aliphatic carbocycles. The van der Waals surface area contributed by atoms with Crippen molar-refractivity contribution in [2.75, 3.05) is 0 Å². The molecule has 0 aliphatic heterocycles. The molecule has 194 valence electrons. The highest BCUT2D eigenvalue weighted by atomic mass is 19.1. The van der Waals surface area contributed by atoms with E-state index >= 15 is 0 Å². The summed E-state index contributed by atoms with van der Waals surface area (Å²) in [7, 11) is 0. The third-order valence-corrected chi connectivity index (χ3v) is 7.40. The fourth-order valence-corrected chi connectivity index (χ4v) is 5.32. The summed E-state index contributed by atoms with van der Waals surface area (Å²) < 4.78 is 13.4. The number of aromatic nitrogens is 2. The van der Waals surface area contributed by atoms with Crippen molar-refractivity contribution < 1.29 is 4.39 Å². The highest BCUT2D eigenvalue weighted by Crippen LogP contribution is 2.37. The Labute approximate surface area is 238 Å². The first kappa shape index (κ1) is 24.6. The summed E-state index contributed by atoms with van der Waals surface area (Å²) in [4.78, 5) is 10.0. The zero-order valence-corrected chi connectivity index (χ0v) is 22.2. The Hall–Kier alpha value is -5.41. The number of nitrogens with zero attached hydrogens (tertiary/aromatic N) is 2. The SMILES string of the molecule is Fc1ccc(-c2ccc(-c3ccc(-c4cc(-c5ccccc5)nc(-c5ccccc5)n4)c4ccccc34)cc2)cc1. The van der Waals surface area contributed by atoms with Crippen LogP contribution in [-0.4, -0.2) is 9.97 Å². The van der Waals surface area contributed by atoms with Crippen molar-refractivity contribution in [3.8, 4) is 56.2 Å². The predicted molar refractivity (Wildman–Crippen MR) is 167 cm³/mol. The molecule has 2 nitrogen and oxygen atoms in total. The predicted octanol–water partition coefficient (Wildman–Crippen LogP) is 10.1. The van der Waals surface area contributed by atoms with Crippen LogP contribution in [0.15, 0.2) is 152 Å². The van der Waals surface area contributed by atoms with E-state index in [9.17, 15) is 4.39 Å². The highest BCUT2D eigenvalue weighted by Gasteiger charge is 2.14. The summed E-state index contributed by atoms with van der Waals surface area (Å²) in [5.74, 6) is 0.471. The number of hydrogen-bond donors (Lipinski definition) is 0. The van der Waals surface area contributed by atoms with Crippen LogP contribution in [0.3, 0.4) is 0 Å².